The summed E-state index contributed by atoms with van der Waals surface area (Å²) in [6, 6.07) is 0.330. The van der Waals surface area contributed by atoms with E-state index in [9.17, 15) is 15.0 Å². The first-order valence-electron chi connectivity index (χ1n) is 7.19. The first-order valence-corrected chi connectivity index (χ1v) is 7.19. The number of nitrogens with zero attached hydrogens (tertiary/aromatic N) is 1. The van der Waals surface area contributed by atoms with Crippen LogP contribution in [0.25, 0.3) is 0 Å². The number of carbonyl (C=O) groups is 1. The molecule has 0 atom stereocenters. The molecule has 1 amide bonds. The summed E-state index contributed by atoms with van der Waals surface area (Å²) < 4.78 is 0. The van der Waals surface area contributed by atoms with Crippen molar-refractivity contribution in [1.29, 1.82) is 0 Å². The van der Waals surface area contributed by atoms with Crippen molar-refractivity contribution in [3.63, 3.8) is 0 Å². The number of nitrogens with one attached hydrogen (secondary N) is 1. The zero-order valence-corrected chi connectivity index (χ0v) is 12.2. The minimum atomic E-state index is -0.556. The number of carbonyl (C=O) groups excluding carboxylic acids is 1. The van der Waals surface area contributed by atoms with Gasteiger partial charge in [-0.15, -0.1) is 0 Å². The molecule has 0 aromatic rings. The van der Waals surface area contributed by atoms with Crippen molar-refractivity contribution in [1.82, 2.24) is 10.2 Å². The van der Waals surface area contributed by atoms with Crippen molar-refractivity contribution < 1.29 is 15.0 Å². The Hall–Kier alpha value is -0.650. The number of hydrogen-bond donors (Lipinski definition) is 3. The Morgan fingerprint density at radius 2 is 1.84 bits per heavy atom. The van der Waals surface area contributed by atoms with Crippen LogP contribution in [0.5, 0.6) is 0 Å². The van der Waals surface area contributed by atoms with Crippen molar-refractivity contribution in [3.8, 4) is 0 Å². The first kappa shape index (κ1) is 16.4. The van der Waals surface area contributed by atoms with E-state index in [2.05, 4.69) is 5.32 Å². The van der Waals surface area contributed by atoms with Crippen molar-refractivity contribution in [2.45, 2.75) is 45.1 Å². The largest absolute Gasteiger partial charge is 0.396 e. The second-order valence-electron chi connectivity index (χ2n) is 6.20. The molecule has 0 saturated heterocycles. The third-order valence-corrected chi connectivity index (χ3v) is 3.80. The molecule has 0 radical (unpaired) electrons. The molecule has 0 spiro atoms. The molecule has 0 unspecified atom stereocenters. The number of rotatable bonds is 7. The zero-order valence-electron chi connectivity index (χ0n) is 12.2. The van der Waals surface area contributed by atoms with E-state index in [1.165, 1.54) is 19.3 Å². The summed E-state index contributed by atoms with van der Waals surface area (Å²) in [7, 11) is 1.84. The van der Waals surface area contributed by atoms with Gasteiger partial charge in [0.15, 0.2) is 0 Å². The molecule has 0 heterocycles. The van der Waals surface area contributed by atoms with Gasteiger partial charge >= 0.3 is 0 Å². The third kappa shape index (κ3) is 5.89. The first-order chi connectivity index (χ1) is 8.99. The van der Waals surface area contributed by atoms with Crippen molar-refractivity contribution in [3.05, 3.63) is 0 Å². The Kier molecular flexibility index (Phi) is 6.75. The molecule has 19 heavy (non-hydrogen) atoms. The highest BCUT2D eigenvalue weighted by Gasteiger charge is 2.25. The quantitative estimate of drug-likeness (QED) is 0.625. The number of likely N-dealkylation sites (N-methyl/N-ethyl adjacent to an activating group) is 1. The fraction of sp³-hybridized carbons (Fsp3) is 0.929. The maximum Gasteiger partial charge on any atom is 0.234 e. The summed E-state index contributed by atoms with van der Waals surface area (Å²) in [4.78, 5) is 13.8. The van der Waals surface area contributed by atoms with Gasteiger partial charge in [-0.3, -0.25) is 9.69 Å². The van der Waals surface area contributed by atoms with Crippen LogP contribution in [-0.2, 0) is 4.79 Å². The lowest BCUT2D eigenvalue weighted by atomic mass is 9.92. The molecule has 112 valence electrons. The Bertz CT molecular complexity index is 274. The van der Waals surface area contributed by atoms with E-state index in [1.807, 2.05) is 18.9 Å². The second-order valence-corrected chi connectivity index (χ2v) is 6.20. The Balaban J connectivity index is 2.30. The summed E-state index contributed by atoms with van der Waals surface area (Å²) in [6.07, 6.45) is 5.85. The van der Waals surface area contributed by atoms with Gasteiger partial charge in [-0.2, -0.15) is 0 Å². The molecule has 1 saturated carbocycles. The van der Waals surface area contributed by atoms with Gasteiger partial charge < -0.3 is 15.5 Å². The van der Waals surface area contributed by atoms with Gasteiger partial charge in [-0.05, 0) is 19.9 Å². The molecule has 0 aliphatic heterocycles. The van der Waals surface area contributed by atoms with Crippen molar-refractivity contribution in [2.24, 2.45) is 5.41 Å². The number of amides is 1. The van der Waals surface area contributed by atoms with Crippen LogP contribution in [0.15, 0.2) is 0 Å². The van der Waals surface area contributed by atoms with Gasteiger partial charge in [-0.25, -0.2) is 0 Å². The van der Waals surface area contributed by atoms with Gasteiger partial charge in [0, 0.05) is 18.0 Å². The van der Waals surface area contributed by atoms with Crippen molar-refractivity contribution >= 4 is 5.91 Å². The van der Waals surface area contributed by atoms with Gasteiger partial charge in [0.2, 0.25) is 5.91 Å². The van der Waals surface area contributed by atoms with Crippen LogP contribution < -0.4 is 5.32 Å². The van der Waals surface area contributed by atoms with E-state index >= 15 is 0 Å². The summed E-state index contributed by atoms with van der Waals surface area (Å²) in [6.45, 7) is 2.45. The van der Waals surface area contributed by atoms with Crippen molar-refractivity contribution in [2.75, 3.05) is 33.4 Å². The topological polar surface area (TPSA) is 72.8 Å². The monoisotopic (exact) mass is 272 g/mol. The summed E-state index contributed by atoms with van der Waals surface area (Å²) >= 11 is 0. The van der Waals surface area contributed by atoms with Crippen LogP contribution in [0.1, 0.15) is 39.0 Å². The standard InChI is InChI=1S/C14H28N2O3/c1-14(10-17,11-18)9-16(2)8-13(19)15-12-6-4-3-5-7-12/h12,17-18H,3-11H2,1-2H3,(H,15,19). The highest BCUT2D eigenvalue weighted by Crippen LogP contribution is 2.18. The predicted molar refractivity (Wildman–Crippen MR) is 74.8 cm³/mol. The smallest absolute Gasteiger partial charge is 0.234 e. The average Bonchev–Trinajstić information content (AvgIpc) is 2.39. The van der Waals surface area contributed by atoms with E-state index in [1.54, 1.807) is 0 Å². The van der Waals surface area contributed by atoms with Gasteiger partial charge in [0.05, 0.1) is 19.8 Å². The molecule has 5 nitrogen and oxygen atoms in total. The molecule has 0 aromatic carbocycles. The SMILES string of the molecule is CN(CC(=O)NC1CCCCC1)CC(C)(CO)CO. The summed E-state index contributed by atoms with van der Waals surface area (Å²) in [5, 5.41) is 21.6. The van der Waals surface area contributed by atoms with Crippen LogP contribution in [-0.4, -0.2) is 60.4 Å². The average molecular weight is 272 g/mol. The lowest BCUT2D eigenvalue weighted by Crippen LogP contribution is -2.45. The van der Waals surface area contributed by atoms with Crippen LogP contribution in [0.3, 0.4) is 0 Å². The Morgan fingerprint density at radius 1 is 1.26 bits per heavy atom. The van der Waals surface area contributed by atoms with Gasteiger partial charge in [-0.1, -0.05) is 26.2 Å². The van der Waals surface area contributed by atoms with Gasteiger partial charge in [0.1, 0.15) is 0 Å². The minimum Gasteiger partial charge on any atom is -0.396 e. The van der Waals surface area contributed by atoms with Crippen LogP contribution >= 0.6 is 0 Å². The lowest BCUT2D eigenvalue weighted by Gasteiger charge is -2.30. The van der Waals surface area contributed by atoms with Crippen LogP contribution in [0, 0.1) is 5.41 Å². The maximum atomic E-state index is 11.9. The molecule has 1 fully saturated rings. The zero-order chi connectivity index (χ0) is 14.3. The molecule has 1 aliphatic rings. The Morgan fingerprint density at radius 3 is 2.37 bits per heavy atom. The molecular weight excluding hydrogens is 244 g/mol. The van der Waals surface area contributed by atoms with Crippen LogP contribution in [0.4, 0.5) is 0 Å². The lowest BCUT2D eigenvalue weighted by molar-refractivity contribution is -0.123. The van der Waals surface area contributed by atoms with E-state index in [0.29, 0.717) is 19.1 Å². The minimum absolute atomic E-state index is 0.0348. The third-order valence-electron chi connectivity index (χ3n) is 3.80. The fourth-order valence-electron chi connectivity index (χ4n) is 2.62. The van der Waals surface area contributed by atoms with E-state index < -0.39 is 5.41 Å². The number of hydrogen-bond acceptors (Lipinski definition) is 4. The molecule has 3 N–H and O–H groups in total. The highest BCUT2D eigenvalue weighted by molar-refractivity contribution is 5.78. The molecule has 5 heteroatoms. The van der Waals surface area contributed by atoms with E-state index in [0.717, 1.165) is 12.8 Å². The van der Waals surface area contributed by atoms with Crippen LogP contribution in [0.2, 0.25) is 0 Å². The normalized spacial score (nSPS) is 17.7. The summed E-state index contributed by atoms with van der Waals surface area (Å²) in [5.41, 5.74) is -0.556. The molecule has 1 rings (SSSR count). The summed E-state index contributed by atoms with van der Waals surface area (Å²) in [5.74, 6) is 0.0348. The van der Waals surface area contributed by atoms with E-state index in [4.69, 9.17) is 0 Å². The predicted octanol–water partition coefficient (Wildman–Crippen LogP) is 0.358. The fourth-order valence-corrected chi connectivity index (χ4v) is 2.62. The Labute approximate surface area is 116 Å². The van der Waals surface area contributed by atoms with Gasteiger partial charge in [0.25, 0.3) is 0 Å². The maximum absolute atomic E-state index is 11.9. The second kappa shape index (κ2) is 7.82. The molecule has 1 aliphatic carbocycles. The highest BCUT2D eigenvalue weighted by atomic mass is 16.3. The van der Waals surface area contributed by atoms with E-state index in [-0.39, 0.29) is 19.1 Å². The molecule has 0 aromatic heterocycles. The molecular formula is C14H28N2O3. The molecule has 0 bridgehead atoms. The number of aliphatic hydroxyl groups is 2. The number of aliphatic hydroxyl groups excluding tert-OH is 2.